The van der Waals surface area contributed by atoms with Gasteiger partial charge in [-0.15, -0.1) is 0 Å². The van der Waals surface area contributed by atoms with E-state index in [0.717, 1.165) is 18.5 Å². The summed E-state index contributed by atoms with van der Waals surface area (Å²) >= 11 is 0. The average molecular weight is 219 g/mol. The Hall–Kier alpha value is -1.09. The van der Waals surface area contributed by atoms with Crippen LogP contribution in [0.25, 0.3) is 0 Å². The molecule has 2 N–H and O–H groups in total. The van der Waals surface area contributed by atoms with Gasteiger partial charge in [-0.25, -0.2) is 4.98 Å². The summed E-state index contributed by atoms with van der Waals surface area (Å²) in [6.07, 6.45) is 4.55. The molecule has 0 aromatic carbocycles. The Balaban J connectivity index is 2.01. The second-order valence-corrected chi connectivity index (χ2v) is 5.02. The first-order chi connectivity index (χ1) is 7.66. The minimum Gasteiger partial charge on any atom is -0.384 e. The molecule has 3 nitrogen and oxygen atoms in total. The quantitative estimate of drug-likeness (QED) is 0.848. The molecule has 0 amide bonds. The van der Waals surface area contributed by atoms with Gasteiger partial charge in [-0.2, -0.15) is 0 Å². The number of aromatic nitrogens is 1. The van der Waals surface area contributed by atoms with Crippen molar-refractivity contribution >= 4 is 5.82 Å². The molecular weight excluding hydrogens is 198 g/mol. The van der Waals surface area contributed by atoms with Crippen molar-refractivity contribution in [3.63, 3.8) is 0 Å². The van der Waals surface area contributed by atoms with Gasteiger partial charge in [0.25, 0.3) is 0 Å². The maximum atomic E-state index is 5.59. The molecule has 0 bridgehead atoms. The largest absolute Gasteiger partial charge is 0.384 e. The maximum Gasteiger partial charge on any atom is 0.123 e. The number of likely N-dealkylation sites (tertiary alicyclic amines) is 1. The molecule has 0 aliphatic carbocycles. The molecule has 1 aliphatic heterocycles. The van der Waals surface area contributed by atoms with Crippen LogP contribution in [0.1, 0.15) is 32.3 Å². The first-order valence-corrected chi connectivity index (χ1v) is 6.11. The van der Waals surface area contributed by atoms with Crippen LogP contribution >= 0.6 is 0 Å². The number of hydrogen-bond acceptors (Lipinski definition) is 3. The van der Waals surface area contributed by atoms with Gasteiger partial charge in [-0.05, 0) is 36.9 Å². The van der Waals surface area contributed by atoms with Crippen molar-refractivity contribution < 1.29 is 0 Å². The van der Waals surface area contributed by atoms with E-state index in [1.54, 1.807) is 0 Å². The number of nitrogens with two attached hydrogens (primary N) is 1. The molecule has 1 atom stereocenters. The highest BCUT2D eigenvalue weighted by atomic mass is 15.2. The van der Waals surface area contributed by atoms with Crippen molar-refractivity contribution in [1.82, 2.24) is 9.88 Å². The van der Waals surface area contributed by atoms with Crippen LogP contribution in [-0.4, -0.2) is 22.5 Å². The normalized spacial score (nSPS) is 21.8. The summed E-state index contributed by atoms with van der Waals surface area (Å²) in [5, 5.41) is 0. The van der Waals surface area contributed by atoms with Crippen molar-refractivity contribution in [2.75, 3.05) is 12.3 Å². The standard InChI is InChI=1S/C13H21N3/c1-10(2)12-4-3-7-16(12)9-11-5-6-13(14)15-8-11/h5-6,8,10,12H,3-4,7,9H2,1-2H3,(H2,14,15). The van der Waals surface area contributed by atoms with Gasteiger partial charge in [0.1, 0.15) is 5.82 Å². The molecule has 0 spiro atoms. The fraction of sp³-hybridized carbons (Fsp3) is 0.615. The number of nitrogens with zero attached hydrogens (tertiary/aromatic N) is 2. The van der Waals surface area contributed by atoms with Crippen molar-refractivity contribution in [2.45, 2.75) is 39.3 Å². The van der Waals surface area contributed by atoms with Gasteiger partial charge in [0, 0.05) is 18.8 Å². The Bertz CT molecular complexity index is 332. The van der Waals surface area contributed by atoms with Gasteiger partial charge in [0.15, 0.2) is 0 Å². The molecule has 2 rings (SSSR count). The lowest BCUT2D eigenvalue weighted by molar-refractivity contribution is 0.198. The third-order valence-electron chi connectivity index (χ3n) is 3.42. The SMILES string of the molecule is CC(C)C1CCCN1Cc1ccc(N)nc1. The number of pyridine rings is 1. The van der Waals surface area contributed by atoms with Crippen LogP contribution in [0.4, 0.5) is 5.82 Å². The van der Waals surface area contributed by atoms with Crippen molar-refractivity contribution in [3.05, 3.63) is 23.9 Å². The van der Waals surface area contributed by atoms with Gasteiger partial charge in [0.2, 0.25) is 0 Å². The molecule has 1 aliphatic rings. The molecule has 3 heteroatoms. The van der Waals surface area contributed by atoms with Gasteiger partial charge in [-0.1, -0.05) is 19.9 Å². The van der Waals surface area contributed by atoms with Gasteiger partial charge >= 0.3 is 0 Å². The van der Waals surface area contributed by atoms with Crippen LogP contribution in [0.3, 0.4) is 0 Å². The molecule has 1 saturated heterocycles. The summed E-state index contributed by atoms with van der Waals surface area (Å²) < 4.78 is 0. The van der Waals surface area contributed by atoms with Crippen molar-refractivity contribution in [2.24, 2.45) is 5.92 Å². The van der Waals surface area contributed by atoms with Crippen LogP contribution in [-0.2, 0) is 6.54 Å². The third kappa shape index (κ3) is 2.53. The summed E-state index contributed by atoms with van der Waals surface area (Å²) in [6.45, 7) is 6.85. The van der Waals surface area contributed by atoms with E-state index in [2.05, 4.69) is 29.8 Å². The van der Waals surface area contributed by atoms with Gasteiger partial charge in [0.05, 0.1) is 0 Å². The second kappa shape index (κ2) is 4.83. The predicted octanol–water partition coefficient (Wildman–Crippen LogP) is 2.28. The number of anilines is 1. The lowest BCUT2D eigenvalue weighted by Gasteiger charge is -2.27. The van der Waals surface area contributed by atoms with Crippen molar-refractivity contribution in [1.29, 1.82) is 0 Å². The van der Waals surface area contributed by atoms with Gasteiger partial charge < -0.3 is 5.73 Å². The van der Waals surface area contributed by atoms with E-state index >= 15 is 0 Å². The third-order valence-corrected chi connectivity index (χ3v) is 3.42. The zero-order valence-corrected chi connectivity index (χ0v) is 10.2. The molecule has 88 valence electrons. The molecule has 1 aromatic rings. The highest BCUT2D eigenvalue weighted by molar-refractivity contribution is 5.29. The highest BCUT2D eigenvalue weighted by Crippen LogP contribution is 2.25. The second-order valence-electron chi connectivity index (χ2n) is 5.02. The summed E-state index contributed by atoms with van der Waals surface area (Å²) in [6, 6.07) is 4.70. The van der Waals surface area contributed by atoms with E-state index in [-0.39, 0.29) is 0 Å². The van der Waals surface area contributed by atoms with E-state index in [9.17, 15) is 0 Å². The minimum absolute atomic E-state index is 0.602. The molecule has 1 aromatic heterocycles. The molecule has 0 saturated carbocycles. The lowest BCUT2D eigenvalue weighted by atomic mass is 10.0. The zero-order chi connectivity index (χ0) is 11.5. The van der Waals surface area contributed by atoms with E-state index in [4.69, 9.17) is 5.73 Å². The van der Waals surface area contributed by atoms with Crippen LogP contribution in [0.15, 0.2) is 18.3 Å². The first-order valence-electron chi connectivity index (χ1n) is 6.11. The van der Waals surface area contributed by atoms with Crippen LogP contribution in [0.5, 0.6) is 0 Å². The summed E-state index contributed by atoms with van der Waals surface area (Å²) in [7, 11) is 0. The average Bonchev–Trinajstić information content (AvgIpc) is 2.69. The fourth-order valence-electron chi connectivity index (χ4n) is 2.57. The first kappa shape index (κ1) is 11.4. The Morgan fingerprint density at radius 3 is 2.94 bits per heavy atom. The molecule has 2 heterocycles. The molecule has 16 heavy (non-hydrogen) atoms. The summed E-state index contributed by atoms with van der Waals surface area (Å²) in [5.74, 6) is 1.34. The number of hydrogen-bond donors (Lipinski definition) is 1. The maximum absolute atomic E-state index is 5.59. The van der Waals surface area contributed by atoms with Crippen LogP contribution in [0, 0.1) is 5.92 Å². The van der Waals surface area contributed by atoms with E-state index < -0.39 is 0 Å². The van der Waals surface area contributed by atoms with Crippen molar-refractivity contribution in [3.8, 4) is 0 Å². The van der Waals surface area contributed by atoms with Crippen LogP contribution < -0.4 is 5.73 Å². The molecule has 1 unspecified atom stereocenters. The molecular formula is C13H21N3. The monoisotopic (exact) mass is 219 g/mol. The van der Waals surface area contributed by atoms with Crippen LogP contribution in [0.2, 0.25) is 0 Å². The van der Waals surface area contributed by atoms with E-state index in [1.807, 2.05) is 12.3 Å². The molecule has 1 fully saturated rings. The highest BCUT2D eigenvalue weighted by Gasteiger charge is 2.26. The summed E-state index contributed by atoms with van der Waals surface area (Å²) in [5.41, 5.74) is 6.85. The lowest BCUT2D eigenvalue weighted by Crippen LogP contribution is -2.32. The van der Waals surface area contributed by atoms with E-state index in [0.29, 0.717) is 5.82 Å². The Kier molecular flexibility index (Phi) is 3.44. The Morgan fingerprint density at radius 1 is 1.50 bits per heavy atom. The minimum atomic E-state index is 0.602. The zero-order valence-electron chi connectivity index (χ0n) is 10.2. The smallest absolute Gasteiger partial charge is 0.123 e. The fourth-order valence-corrected chi connectivity index (χ4v) is 2.57. The predicted molar refractivity (Wildman–Crippen MR) is 66.9 cm³/mol. The molecule has 0 radical (unpaired) electrons. The number of nitrogen functional groups attached to an aromatic ring is 1. The number of rotatable bonds is 3. The summed E-state index contributed by atoms with van der Waals surface area (Å²) in [4.78, 5) is 6.71. The van der Waals surface area contributed by atoms with E-state index in [1.165, 1.54) is 24.9 Å². The topological polar surface area (TPSA) is 42.1 Å². The Labute approximate surface area is 97.7 Å². The van der Waals surface area contributed by atoms with Gasteiger partial charge in [-0.3, -0.25) is 4.90 Å². The Morgan fingerprint density at radius 2 is 2.31 bits per heavy atom.